The highest BCUT2D eigenvalue weighted by molar-refractivity contribution is 7.19. The Morgan fingerprint density at radius 1 is 1.35 bits per heavy atom. The molecule has 0 spiro atoms. The summed E-state index contributed by atoms with van der Waals surface area (Å²) in [6.45, 7) is 2.54. The molecule has 0 saturated heterocycles. The van der Waals surface area contributed by atoms with Crippen LogP contribution in [0, 0.1) is 5.92 Å². The average Bonchev–Trinajstić information content (AvgIpc) is 3.46. The zero-order chi connectivity index (χ0) is 23.8. The number of fused-ring (bicyclic) bond motifs is 4. The van der Waals surface area contributed by atoms with E-state index in [1.807, 2.05) is 31.0 Å². The number of aromatic amines is 1. The maximum atomic E-state index is 13.1. The molecular formula is C24H28N6O3S. The number of carbonyl (C=O) groups excluding carboxylic acids is 1. The Bertz CT molecular complexity index is 1350. The molecule has 2 N–H and O–H groups in total. The van der Waals surface area contributed by atoms with Gasteiger partial charge in [0.2, 0.25) is 5.91 Å². The molecule has 10 heteroatoms. The summed E-state index contributed by atoms with van der Waals surface area (Å²) in [5.74, 6) is 1.60. The largest absolute Gasteiger partial charge is 0.494 e. The van der Waals surface area contributed by atoms with E-state index in [2.05, 4.69) is 25.5 Å². The lowest BCUT2D eigenvalue weighted by Gasteiger charge is -2.30. The van der Waals surface area contributed by atoms with Crippen LogP contribution in [-0.2, 0) is 22.4 Å². The van der Waals surface area contributed by atoms with Gasteiger partial charge in [0, 0.05) is 36.4 Å². The van der Waals surface area contributed by atoms with E-state index in [0.29, 0.717) is 12.4 Å². The zero-order valence-electron chi connectivity index (χ0n) is 19.7. The molecule has 2 atom stereocenters. The van der Waals surface area contributed by atoms with E-state index < -0.39 is 0 Å². The topological polar surface area (TPSA) is 105 Å². The van der Waals surface area contributed by atoms with Gasteiger partial charge in [-0.25, -0.2) is 9.97 Å². The van der Waals surface area contributed by atoms with Crippen LogP contribution in [0.3, 0.4) is 0 Å². The number of nitrogens with one attached hydrogen (secondary N) is 2. The summed E-state index contributed by atoms with van der Waals surface area (Å²) in [6.07, 6.45) is 5.71. The van der Waals surface area contributed by atoms with E-state index >= 15 is 0 Å². The van der Waals surface area contributed by atoms with Crippen molar-refractivity contribution >= 4 is 49.9 Å². The van der Waals surface area contributed by atoms with Gasteiger partial charge in [0.15, 0.2) is 0 Å². The van der Waals surface area contributed by atoms with Crippen molar-refractivity contribution in [3.8, 4) is 5.75 Å². The van der Waals surface area contributed by atoms with Crippen molar-refractivity contribution in [2.24, 2.45) is 5.92 Å². The Hall–Kier alpha value is -3.24. The Balaban J connectivity index is 1.45. The first-order chi connectivity index (χ1) is 16.5. The van der Waals surface area contributed by atoms with E-state index in [1.54, 1.807) is 38.1 Å². The molecule has 0 unspecified atom stereocenters. The van der Waals surface area contributed by atoms with Crippen molar-refractivity contribution in [3.63, 3.8) is 0 Å². The number of anilines is 2. The van der Waals surface area contributed by atoms with Crippen LogP contribution in [0.15, 0.2) is 24.7 Å². The number of likely N-dealkylation sites (N-methyl/N-ethyl adjacent to an activating group) is 1. The molecule has 3 heterocycles. The molecule has 5 rings (SSSR count). The number of carbonyl (C=O) groups is 1. The fourth-order valence-electron chi connectivity index (χ4n) is 4.64. The smallest absolute Gasteiger partial charge is 0.226 e. The van der Waals surface area contributed by atoms with Crippen LogP contribution in [0.2, 0.25) is 0 Å². The van der Waals surface area contributed by atoms with Crippen LogP contribution < -0.4 is 10.1 Å². The normalized spacial score (nSPS) is 16.4. The van der Waals surface area contributed by atoms with E-state index in [4.69, 9.17) is 9.47 Å². The molecule has 0 bridgehead atoms. The molecule has 34 heavy (non-hydrogen) atoms. The molecule has 1 aliphatic rings. The SMILES string of the molecule is COC[C@@H](C)N(C)C(=O)[C@H]1CCc2c(sc3ncnc(Nc4cc5cn[nH]c5cc4OC)c23)C1. The Labute approximate surface area is 201 Å². The fraction of sp³-hybridized carbons (Fsp3) is 0.417. The molecule has 3 aromatic heterocycles. The minimum atomic E-state index is -0.0298. The fourth-order valence-corrected chi connectivity index (χ4v) is 5.91. The van der Waals surface area contributed by atoms with Crippen LogP contribution >= 0.6 is 11.3 Å². The first kappa shape index (κ1) is 22.5. The molecule has 1 aliphatic carbocycles. The molecule has 178 valence electrons. The third-order valence-electron chi connectivity index (χ3n) is 6.62. The monoisotopic (exact) mass is 480 g/mol. The number of amides is 1. The van der Waals surface area contributed by atoms with Gasteiger partial charge in [-0.05, 0) is 37.8 Å². The lowest BCUT2D eigenvalue weighted by atomic mass is 9.86. The van der Waals surface area contributed by atoms with Gasteiger partial charge in [-0.3, -0.25) is 9.89 Å². The molecule has 0 saturated carbocycles. The second kappa shape index (κ2) is 9.19. The number of H-pyrrole nitrogens is 1. The summed E-state index contributed by atoms with van der Waals surface area (Å²) >= 11 is 1.66. The minimum absolute atomic E-state index is 0.0298. The molecular weight excluding hydrogens is 452 g/mol. The van der Waals surface area contributed by atoms with E-state index in [0.717, 1.165) is 51.9 Å². The number of benzene rings is 1. The molecule has 9 nitrogen and oxygen atoms in total. The van der Waals surface area contributed by atoms with Gasteiger partial charge in [0.1, 0.15) is 22.7 Å². The standard InChI is InChI=1S/C24H28N6O3S/c1-13(11-32-3)30(2)24(31)14-5-6-16-20(8-14)34-23-21(16)22(25-12-26-23)28-18-7-15-10-27-29-17(15)9-19(18)33-4/h7,9-10,12-14H,5-6,8,11H2,1-4H3,(H,27,29)(H,25,26,28)/t13-,14+/m1/s1. The Kier molecular flexibility index (Phi) is 6.09. The molecule has 1 amide bonds. The summed E-state index contributed by atoms with van der Waals surface area (Å²) in [6, 6.07) is 3.96. The number of rotatable bonds is 7. The molecule has 4 aromatic rings. The average molecular weight is 481 g/mol. The second-order valence-electron chi connectivity index (χ2n) is 8.73. The van der Waals surface area contributed by atoms with Gasteiger partial charge in [0.25, 0.3) is 0 Å². The lowest BCUT2D eigenvalue weighted by Crippen LogP contribution is -2.42. The van der Waals surface area contributed by atoms with Crippen molar-refractivity contribution in [3.05, 3.63) is 35.1 Å². The molecule has 0 radical (unpaired) electrons. The highest BCUT2D eigenvalue weighted by Crippen LogP contribution is 2.42. The van der Waals surface area contributed by atoms with Crippen LogP contribution in [-0.4, -0.2) is 64.9 Å². The maximum Gasteiger partial charge on any atom is 0.226 e. The summed E-state index contributed by atoms with van der Waals surface area (Å²) < 4.78 is 10.8. The number of thiophene rings is 1. The highest BCUT2D eigenvalue weighted by Gasteiger charge is 2.32. The highest BCUT2D eigenvalue weighted by atomic mass is 32.1. The minimum Gasteiger partial charge on any atom is -0.494 e. The van der Waals surface area contributed by atoms with Crippen molar-refractivity contribution in [2.75, 3.05) is 33.2 Å². The van der Waals surface area contributed by atoms with Crippen molar-refractivity contribution in [1.29, 1.82) is 0 Å². The Morgan fingerprint density at radius 2 is 2.21 bits per heavy atom. The summed E-state index contributed by atoms with van der Waals surface area (Å²) in [7, 11) is 5.17. The second-order valence-corrected chi connectivity index (χ2v) is 9.82. The van der Waals surface area contributed by atoms with E-state index in [9.17, 15) is 4.79 Å². The number of ether oxygens (including phenoxy) is 2. The third kappa shape index (κ3) is 3.97. The van der Waals surface area contributed by atoms with Crippen LogP contribution in [0.1, 0.15) is 23.8 Å². The molecule has 1 aromatic carbocycles. The van der Waals surface area contributed by atoms with Crippen molar-refractivity contribution in [2.45, 2.75) is 32.2 Å². The van der Waals surface area contributed by atoms with Crippen molar-refractivity contribution in [1.82, 2.24) is 25.1 Å². The number of methoxy groups -OCH3 is 2. The number of aromatic nitrogens is 4. The van der Waals surface area contributed by atoms with E-state index in [-0.39, 0.29) is 17.9 Å². The molecule has 0 aliphatic heterocycles. The zero-order valence-corrected chi connectivity index (χ0v) is 20.5. The van der Waals surface area contributed by atoms with Gasteiger partial charge in [-0.15, -0.1) is 11.3 Å². The lowest BCUT2D eigenvalue weighted by molar-refractivity contribution is -0.137. The summed E-state index contributed by atoms with van der Waals surface area (Å²) in [4.78, 5) is 26.2. The predicted molar refractivity (Wildman–Crippen MR) is 133 cm³/mol. The maximum absolute atomic E-state index is 13.1. The Morgan fingerprint density at radius 3 is 3.00 bits per heavy atom. The van der Waals surface area contributed by atoms with Gasteiger partial charge in [-0.2, -0.15) is 5.10 Å². The van der Waals surface area contributed by atoms with Crippen molar-refractivity contribution < 1.29 is 14.3 Å². The summed E-state index contributed by atoms with van der Waals surface area (Å²) in [5, 5.41) is 12.6. The quantitative estimate of drug-likeness (QED) is 0.413. The van der Waals surface area contributed by atoms with Crippen LogP contribution in [0.4, 0.5) is 11.5 Å². The number of hydrogen-bond acceptors (Lipinski definition) is 8. The number of nitrogens with zero attached hydrogens (tertiary/aromatic N) is 4. The first-order valence-electron chi connectivity index (χ1n) is 11.3. The molecule has 0 fully saturated rings. The van der Waals surface area contributed by atoms with E-state index in [1.165, 1.54) is 10.4 Å². The number of aryl methyl sites for hydroxylation is 1. The van der Waals surface area contributed by atoms with Gasteiger partial charge >= 0.3 is 0 Å². The predicted octanol–water partition coefficient (Wildman–Crippen LogP) is 3.92. The van der Waals surface area contributed by atoms with Gasteiger partial charge in [-0.1, -0.05) is 0 Å². The van der Waals surface area contributed by atoms with Gasteiger partial charge in [0.05, 0.1) is 42.5 Å². The summed E-state index contributed by atoms with van der Waals surface area (Å²) in [5.41, 5.74) is 2.96. The van der Waals surface area contributed by atoms with Crippen LogP contribution in [0.25, 0.3) is 21.1 Å². The van der Waals surface area contributed by atoms with Crippen LogP contribution in [0.5, 0.6) is 5.75 Å². The number of hydrogen-bond donors (Lipinski definition) is 2. The third-order valence-corrected chi connectivity index (χ3v) is 7.79. The van der Waals surface area contributed by atoms with Gasteiger partial charge < -0.3 is 19.7 Å². The first-order valence-corrected chi connectivity index (χ1v) is 12.1.